The Kier molecular flexibility index (Phi) is 5.67. The van der Waals surface area contributed by atoms with Crippen LogP contribution in [0.2, 0.25) is 0 Å². The van der Waals surface area contributed by atoms with Crippen molar-refractivity contribution in [3.05, 3.63) is 53.9 Å². The minimum Gasteiger partial charge on any atom is -0.490 e. The Hall–Kier alpha value is -3.06. The molecular weight excluding hydrogens is 370 g/mol. The molecule has 0 radical (unpaired) electrons. The van der Waals surface area contributed by atoms with Gasteiger partial charge in [-0.25, -0.2) is 4.98 Å². The van der Waals surface area contributed by atoms with E-state index in [0.717, 1.165) is 23.3 Å². The van der Waals surface area contributed by atoms with Crippen molar-refractivity contribution in [1.82, 2.24) is 14.9 Å². The summed E-state index contributed by atoms with van der Waals surface area (Å²) in [5, 5.41) is 3.05. The minimum absolute atomic E-state index is 0.182. The molecule has 0 bridgehead atoms. The minimum atomic E-state index is -0.275. The van der Waals surface area contributed by atoms with Gasteiger partial charge in [0.15, 0.2) is 11.5 Å². The zero-order valence-corrected chi connectivity index (χ0v) is 16.7. The molecule has 0 spiro atoms. The molecule has 1 aliphatic heterocycles. The Labute approximate surface area is 169 Å². The second kappa shape index (κ2) is 8.53. The molecule has 0 fully saturated rings. The molecule has 4 rings (SSSR count). The predicted molar refractivity (Wildman–Crippen MR) is 110 cm³/mol. The van der Waals surface area contributed by atoms with E-state index in [-0.39, 0.29) is 11.9 Å². The van der Waals surface area contributed by atoms with E-state index in [1.54, 1.807) is 25.3 Å². The zero-order valence-electron chi connectivity index (χ0n) is 16.7. The first kappa shape index (κ1) is 19.3. The van der Waals surface area contributed by atoms with Crippen molar-refractivity contribution in [1.29, 1.82) is 0 Å². The molecule has 1 aliphatic rings. The Morgan fingerprint density at radius 3 is 2.83 bits per heavy atom. The van der Waals surface area contributed by atoms with Gasteiger partial charge in [-0.15, -0.1) is 0 Å². The highest BCUT2D eigenvalue weighted by molar-refractivity contribution is 5.95. The van der Waals surface area contributed by atoms with Crippen LogP contribution in [-0.4, -0.2) is 42.4 Å². The first-order chi connectivity index (χ1) is 14.2. The van der Waals surface area contributed by atoms with E-state index in [9.17, 15) is 4.79 Å². The second-order valence-corrected chi connectivity index (χ2v) is 7.01. The van der Waals surface area contributed by atoms with Crippen LogP contribution in [0, 0.1) is 0 Å². The van der Waals surface area contributed by atoms with Gasteiger partial charge in [-0.05, 0) is 37.3 Å². The van der Waals surface area contributed by atoms with Gasteiger partial charge in [-0.3, -0.25) is 4.79 Å². The fourth-order valence-corrected chi connectivity index (χ4v) is 3.49. The van der Waals surface area contributed by atoms with Crippen LogP contribution in [0.3, 0.4) is 0 Å². The number of carbonyl (C=O) groups is 1. The third-order valence-electron chi connectivity index (χ3n) is 4.95. The highest BCUT2D eigenvalue weighted by atomic mass is 16.5. The van der Waals surface area contributed by atoms with Gasteiger partial charge in [0, 0.05) is 25.6 Å². The molecule has 7 nitrogen and oxygen atoms in total. The van der Waals surface area contributed by atoms with Crippen LogP contribution in [0.4, 0.5) is 0 Å². The molecule has 3 aromatic rings. The monoisotopic (exact) mass is 395 g/mol. The fraction of sp³-hybridized carbons (Fsp3) is 0.364. The third-order valence-corrected chi connectivity index (χ3v) is 4.95. The number of para-hydroxylation sites is 2. The lowest BCUT2D eigenvalue weighted by Crippen LogP contribution is -2.29. The van der Waals surface area contributed by atoms with Gasteiger partial charge in [-0.2, -0.15) is 0 Å². The summed E-state index contributed by atoms with van der Waals surface area (Å²) in [5.74, 6) is 1.90. The topological polar surface area (TPSA) is 74.6 Å². The molecule has 0 aliphatic carbocycles. The average Bonchev–Trinajstić information content (AvgIpc) is 2.94. The summed E-state index contributed by atoms with van der Waals surface area (Å²) in [7, 11) is 1.67. The molecule has 1 atom stereocenters. The normalized spacial score (nSPS) is 14.4. The standard InChI is InChI=1S/C22H25N3O4/c1-15(21-24-17-6-3-4-7-18(17)25(21)10-13-27-2)23-22(26)16-8-9-19-20(14-16)29-12-5-11-28-19/h3-4,6-9,14-15H,5,10-13H2,1-2H3,(H,23,26)/t15-/m0/s1. The van der Waals surface area contributed by atoms with Crippen LogP contribution in [0.15, 0.2) is 42.5 Å². The molecule has 29 heavy (non-hydrogen) atoms. The van der Waals surface area contributed by atoms with Crippen LogP contribution in [-0.2, 0) is 11.3 Å². The molecule has 0 saturated carbocycles. The van der Waals surface area contributed by atoms with E-state index < -0.39 is 0 Å². The van der Waals surface area contributed by atoms with Crippen molar-refractivity contribution < 1.29 is 19.0 Å². The number of aromatic nitrogens is 2. The number of hydrogen-bond donors (Lipinski definition) is 1. The first-order valence-corrected chi connectivity index (χ1v) is 9.82. The lowest BCUT2D eigenvalue weighted by atomic mass is 10.1. The van der Waals surface area contributed by atoms with E-state index in [0.29, 0.717) is 43.4 Å². The van der Waals surface area contributed by atoms with Crippen molar-refractivity contribution in [3.8, 4) is 11.5 Å². The SMILES string of the molecule is COCCn1c([C@H](C)NC(=O)c2ccc3c(c2)OCCCO3)nc2ccccc21. The van der Waals surface area contributed by atoms with Crippen molar-refractivity contribution in [2.45, 2.75) is 25.9 Å². The molecule has 0 saturated heterocycles. The highest BCUT2D eigenvalue weighted by Crippen LogP contribution is 2.30. The summed E-state index contributed by atoms with van der Waals surface area (Å²) >= 11 is 0. The predicted octanol–water partition coefficient (Wildman–Crippen LogP) is 3.34. The molecular formula is C22H25N3O4. The van der Waals surface area contributed by atoms with Gasteiger partial charge in [0.05, 0.1) is 36.9 Å². The maximum atomic E-state index is 12.9. The Morgan fingerprint density at radius 1 is 1.21 bits per heavy atom. The number of hydrogen-bond acceptors (Lipinski definition) is 5. The summed E-state index contributed by atoms with van der Waals surface area (Å²) in [6.07, 6.45) is 0.824. The molecule has 152 valence electrons. The number of benzene rings is 2. The molecule has 2 aromatic carbocycles. The van der Waals surface area contributed by atoms with Crippen LogP contribution in [0.25, 0.3) is 11.0 Å². The van der Waals surface area contributed by atoms with E-state index >= 15 is 0 Å². The van der Waals surface area contributed by atoms with E-state index in [2.05, 4.69) is 9.88 Å². The van der Waals surface area contributed by atoms with E-state index in [1.165, 1.54) is 0 Å². The molecule has 0 unspecified atom stereocenters. The molecule has 7 heteroatoms. The number of fused-ring (bicyclic) bond motifs is 2. The maximum Gasteiger partial charge on any atom is 0.251 e. The van der Waals surface area contributed by atoms with Gasteiger partial charge in [0.1, 0.15) is 5.82 Å². The molecule has 2 heterocycles. The largest absolute Gasteiger partial charge is 0.490 e. The number of carbonyl (C=O) groups excluding carboxylic acids is 1. The van der Waals surface area contributed by atoms with Crippen LogP contribution in [0.1, 0.15) is 35.6 Å². The van der Waals surface area contributed by atoms with Crippen LogP contribution in [0.5, 0.6) is 11.5 Å². The molecule has 1 aromatic heterocycles. The van der Waals surface area contributed by atoms with Gasteiger partial charge < -0.3 is 24.1 Å². The highest BCUT2D eigenvalue weighted by Gasteiger charge is 2.20. The molecule has 1 N–H and O–H groups in total. The maximum absolute atomic E-state index is 12.9. The Morgan fingerprint density at radius 2 is 2.00 bits per heavy atom. The van der Waals surface area contributed by atoms with Gasteiger partial charge >= 0.3 is 0 Å². The van der Waals surface area contributed by atoms with Crippen molar-refractivity contribution in [2.24, 2.45) is 0 Å². The van der Waals surface area contributed by atoms with Crippen molar-refractivity contribution in [2.75, 3.05) is 26.9 Å². The van der Waals surface area contributed by atoms with Gasteiger partial charge in [0.25, 0.3) is 5.91 Å². The average molecular weight is 395 g/mol. The van der Waals surface area contributed by atoms with Gasteiger partial charge in [0.2, 0.25) is 0 Å². The van der Waals surface area contributed by atoms with Crippen LogP contribution >= 0.6 is 0 Å². The fourth-order valence-electron chi connectivity index (χ4n) is 3.49. The summed E-state index contributed by atoms with van der Waals surface area (Å²) in [6.45, 7) is 4.36. The lowest BCUT2D eigenvalue weighted by molar-refractivity contribution is 0.0937. The van der Waals surface area contributed by atoms with Crippen molar-refractivity contribution in [3.63, 3.8) is 0 Å². The summed E-state index contributed by atoms with van der Waals surface area (Å²) in [6, 6.07) is 12.9. The smallest absolute Gasteiger partial charge is 0.251 e. The third kappa shape index (κ3) is 4.05. The summed E-state index contributed by atoms with van der Waals surface area (Å²) in [5.41, 5.74) is 2.45. The van der Waals surface area contributed by atoms with Crippen LogP contribution < -0.4 is 14.8 Å². The number of nitrogens with zero attached hydrogens (tertiary/aromatic N) is 2. The summed E-state index contributed by atoms with van der Waals surface area (Å²) in [4.78, 5) is 17.6. The number of rotatable bonds is 6. The van der Waals surface area contributed by atoms with E-state index in [4.69, 9.17) is 19.2 Å². The quantitative estimate of drug-likeness (QED) is 0.693. The summed E-state index contributed by atoms with van der Waals surface area (Å²) < 4.78 is 18.7. The lowest BCUT2D eigenvalue weighted by Gasteiger charge is -2.17. The Balaban J connectivity index is 1.57. The Bertz CT molecular complexity index is 1010. The van der Waals surface area contributed by atoms with Gasteiger partial charge in [-0.1, -0.05) is 12.1 Å². The number of amides is 1. The van der Waals surface area contributed by atoms with Crippen molar-refractivity contribution >= 4 is 16.9 Å². The number of imidazole rings is 1. The molecule has 1 amide bonds. The van der Waals surface area contributed by atoms with E-state index in [1.807, 2.05) is 31.2 Å². The number of nitrogens with one attached hydrogen (secondary N) is 1. The first-order valence-electron chi connectivity index (χ1n) is 9.82. The number of methoxy groups -OCH3 is 1. The number of ether oxygens (including phenoxy) is 3. The second-order valence-electron chi connectivity index (χ2n) is 7.01. The zero-order chi connectivity index (χ0) is 20.2.